The van der Waals surface area contributed by atoms with E-state index in [0.29, 0.717) is 5.69 Å². The first-order valence-corrected chi connectivity index (χ1v) is 11.3. The Labute approximate surface area is 191 Å². The third kappa shape index (κ3) is 5.71. The number of nitro groups is 1. The molecular weight excluding hydrogens is 450 g/mol. The van der Waals surface area contributed by atoms with Crippen LogP contribution in [-0.2, 0) is 10.0 Å². The summed E-state index contributed by atoms with van der Waals surface area (Å²) in [6.07, 6.45) is 0. The lowest BCUT2D eigenvalue weighted by molar-refractivity contribution is -0.385. The fourth-order valence-corrected chi connectivity index (χ4v) is 4.37. The van der Waals surface area contributed by atoms with Gasteiger partial charge in [-0.1, -0.05) is 35.9 Å². The van der Waals surface area contributed by atoms with Crippen LogP contribution in [0.4, 0.5) is 22.7 Å². The Morgan fingerprint density at radius 2 is 1.66 bits per heavy atom. The van der Waals surface area contributed by atoms with E-state index in [4.69, 9.17) is 12.2 Å². The Kier molecular flexibility index (Phi) is 6.91. The first-order chi connectivity index (χ1) is 15.2. The van der Waals surface area contributed by atoms with E-state index in [1.165, 1.54) is 12.1 Å². The molecule has 0 spiro atoms. The number of non-ortho nitro benzene ring substituents is 1. The largest absolute Gasteiger partial charge is 0.331 e. The summed E-state index contributed by atoms with van der Waals surface area (Å²) < 4.78 is 28.7. The van der Waals surface area contributed by atoms with Gasteiger partial charge in [-0.2, -0.15) is 0 Å². The number of anilines is 3. The van der Waals surface area contributed by atoms with E-state index < -0.39 is 14.9 Å². The Balaban J connectivity index is 1.87. The highest BCUT2D eigenvalue weighted by Crippen LogP contribution is 2.29. The lowest BCUT2D eigenvalue weighted by Gasteiger charge is -2.17. The Morgan fingerprint density at radius 1 is 0.969 bits per heavy atom. The average molecular weight is 472 g/mol. The standard InChI is InChI=1S/C21H21N5O4S2/c1-14-8-10-18(15(2)12-14)25-32(29,30)20-13-17(26(27)28)9-11-19(20)23-24-21(31)22-16-6-4-3-5-7-16/h3-13,23,25H,1-2H3,(H2,22,24,31). The van der Waals surface area contributed by atoms with Crippen molar-refractivity contribution < 1.29 is 13.3 Å². The second kappa shape index (κ2) is 9.62. The topological polar surface area (TPSA) is 125 Å². The molecule has 166 valence electrons. The van der Waals surface area contributed by atoms with Gasteiger partial charge in [0.25, 0.3) is 15.7 Å². The smallest absolute Gasteiger partial charge is 0.270 e. The highest BCUT2D eigenvalue weighted by Gasteiger charge is 2.23. The van der Waals surface area contributed by atoms with Gasteiger partial charge in [-0.25, -0.2) is 8.42 Å². The van der Waals surface area contributed by atoms with Crippen LogP contribution in [0.1, 0.15) is 11.1 Å². The van der Waals surface area contributed by atoms with Crippen molar-refractivity contribution in [3.05, 3.63) is 88.0 Å². The lowest BCUT2D eigenvalue weighted by Crippen LogP contribution is -2.34. The number of nitrogens with one attached hydrogen (secondary N) is 4. The molecule has 0 bridgehead atoms. The number of hydrazine groups is 1. The molecule has 4 N–H and O–H groups in total. The second-order valence-corrected chi connectivity index (χ2v) is 8.99. The van der Waals surface area contributed by atoms with Crippen LogP contribution in [0.25, 0.3) is 0 Å². The molecule has 0 fully saturated rings. The maximum absolute atomic E-state index is 13.1. The molecule has 0 saturated heterocycles. The van der Waals surface area contributed by atoms with Crippen molar-refractivity contribution >= 4 is 50.1 Å². The zero-order valence-electron chi connectivity index (χ0n) is 17.2. The summed E-state index contributed by atoms with van der Waals surface area (Å²) in [7, 11) is -4.16. The molecular formula is C21H21N5O4S2. The summed E-state index contributed by atoms with van der Waals surface area (Å²) in [4.78, 5) is 10.3. The maximum atomic E-state index is 13.1. The van der Waals surface area contributed by atoms with Crippen LogP contribution < -0.4 is 20.9 Å². The quantitative estimate of drug-likeness (QED) is 0.228. The minimum absolute atomic E-state index is 0.0880. The van der Waals surface area contributed by atoms with Crippen molar-refractivity contribution in [1.29, 1.82) is 0 Å². The van der Waals surface area contributed by atoms with Gasteiger partial charge in [-0.15, -0.1) is 0 Å². The van der Waals surface area contributed by atoms with Gasteiger partial charge in [0.1, 0.15) is 4.90 Å². The average Bonchev–Trinajstić information content (AvgIpc) is 2.75. The molecule has 0 aromatic heterocycles. The number of hydrogen-bond acceptors (Lipinski definition) is 6. The van der Waals surface area contributed by atoms with E-state index in [9.17, 15) is 18.5 Å². The predicted octanol–water partition coefficient (Wildman–Crippen LogP) is 4.33. The first-order valence-electron chi connectivity index (χ1n) is 9.42. The predicted molar refractivity (Wildman–Crippen MR) is 129 cm³/mol. The maximum Gasteiger partial charge on any atom is 0.270 e. The number of para-hydroxylation sites is 1. The van der Waals surface area contributed by atoms with Gasteiger partial charge < -0.3 is 5.32 Å². The number of hydrogen-bond donors (Lipinski definition) is 4. The van der Waals surface area contributed by atoms with E-state index in [1.807, 2.05) is 43.3 Å². The van der Waals surface area contributed by atoms with Gasteiger partial charge in [-0.05, 0) is 55.9 Å². The van der Waals surface area contributed by atoms with Crippen LogP contribution in [0.2, 0.25) is 0 Å². The monoisotopic (exact) mass is 471 g/mol. The lowest BCUT2D eigenvalue weighted by atomic mass is 10.1. The van der Waals surface area contributed by atoms with Gasteiger partial charge in [0, 0.05) is 17.8 Å². The van der Waals surface area contributed by atoms with Crippen LogP contribution in [0, 0.1) is 24.0 Å². The van der Waals surface area contributed by atoms with Crippen molar-refractivity contribution in [2.24, 2.45) is 0 Å². The molecule has 0 aliphatic rings. The highest BCUT2D eigenvalue weighted by atomic mass is 32.2. The number of thiocarbonyl (C=S) groups is 1. The molecule has 0 saturated carbocycles. The number of rotatable bonds is 7. The number of sulfonamides is 1. The summed E-state index contributed by atoms with van der Waals surface area (Å²) in [5.41, 5.74) is 7.96. The molecule has 0 unspecified atom stereocenters. The van der Waals surface area contributed by atoms with Gasteiger partial charge in [0.05, 0.1) is 16.3 Å². The number of aryl methyl sites for hydroxylation is 2. The minimum Gasteiger partial charge on any atom is -0.331 e. The van der Waals surface area contributed by atoms with E-state index in [0.717, 1.165) is 22.9 Å². The van der Waals surface area contributed by atoms with E-state index in [2.05, 4.69) is 20.9 Å². The third-order valence-electron chi connectivity index (χ3n) is 4.43. The Morgan fingerprint density at radius 3 is 2.31 bits per heavy atom. The second-order valence-electron chi connectivity index (χ2n) is 6.93. The molecule has 3 aromatic rings. The molecule has 32 heavy (non-hydrogen) atoms. The van der Waals surface area contributed by atoms with Gasteiger partial charge in [-0.3, -0.25) is 25.7 Å². The fourth-order valence-electron chi connectivity index (χ4n) is 2.89. The van der Waals surface area contributed by atoms with Crippen molar-refractivity contribution in [3.8, 4) is 0 Å². The highest BCUT2D eigenvalue weighted by molar-refractivity contribution is 7.93. The van der Waals surface area contributed by atoms with Crippen molar-refractivity contribution in [3.63, 3.8) is 0 Å². The molecule has 0 heterocycles. The summed E-state index contributed by atoms with van der Waals surface area (Å²) in [6, 6.07) is 17.9. The molecule has 0 atom stereocenters. The number of nitrogens with zero attached hydrogens (tertiary/aromatic N) is 1. The minimum atomic E-state index is -4.16. The van der Waals surface area contributed by atoms with Crippen LogP contribution in [0.5, 0.6) is 0 Å². The zero-order valence-corrected chi connectivity index (χ0v) is 18.9. The number of benzene rings is 3. The summed E-state index contributed by atoms with van der Waals surface area (Å²) in [5.74, 6) is 0. The molecule has 3 rings (SSSR count). The van der Waals surface area contributed by atoms with Crippen molar-refractivity contribution in [1.82, 2.24) is 5.43 Å². The van der Waals surface area contributed by atoms with Gasteiger partial charge >= 0.3 is 0 Å². The summed E-state index contributed by atoms with van der Waals surface area (Å²) >= 11 is 5.22. The number of nitro benzene ring substituents is 1. The van der Waals surface area contributed by atoms with Crippen LogP contribution >= 0.6 is 12.2 Å². The van der Waals surface area contributed by atoms with Crippen LogP contribution in [0.15, 0.2) is 71.6 Å². The van der Waals surface area contributed by atoms with Gasteiger partial charge in [0.2, 0.25) is 0 Å². The Hall–Kier alpha value is -3.70. The van der Waals surface area contributed by atoms with Crippen LogP contribution in [-0.4, -0.2) is 18.5 Å². The summed E-state index contributed by atoms with van der Waals surface area (Å²) in [5, 5.41) is 14.4. The molecule has 0 radical (unpaired) electrons. The molecule has 9 nitrogen and oxygen atoms in total. The van der Waals surface area contributed by atoms with Gasteiger partial charge in [0.15, 0.2) is 5.11 Å². The first kappa shape index (κ1) is 23.0. The van der Waals surface area contributed by atoms with E-state index >= 15 is 0 Å². The molecule has 11 heteroatoms. The molecule has 0 aliphatic carbocycles. The SMILES string of the molecule is Cc1ccc(NS(=O)(=O)c2cc([N+](=O)[O-])ccc2NNC(=S)Nc2ccccc2)c(C)c1. The van der Waals surface area contributed by atoms with E-state index in [1.54, 1.807) is 19.1 Å². The zero-order chi connectivity index (χ0) is 23.3. The summed E-state index contributed by atoms with van der Waals surface area (Å²) in [6.45, 7) is 3.67. The van der Waals surface area contributed by atoms with Crippen molar-refractivity contribution in [2.75, 3.05) is 15.5 Å². The Bertz CT molecular complexity index is 1260. The van der Waals surface area contributed by atoms with E-state index in [-0.39, 0.29) is 21.4 Å². The van der Waals surface area contributed by atoms with Crippen molar-refractivity contribution in [2.45, 2.75) is 18.7 Å². The molecule has 3 aromatic carbocycles. The normalized spacial score (nSPS) is 10.8. The molecule has 0 aliphatic heterocycles. The third-order valence-corrected chi connectivity index (χ3v) is 6.04. The molecule has 0 amide bonds. The fraction of sp³-hybridized carbons (Fsp3) is 0.0952. The van der Waals surface area contributed by atoms with Crippen LogP contribution in [0.3, 0.4) is 0 Å².